The minimum absolute atomic E-state index is 0.0294. The van der Waals surface area contributed by atoms with Crippen LogP contribution in [0, 0.1) is 3.57 Å². The van der Waals surface area contributed by atoms with E-state index in [9.17, 15) is 18.0 Å². The van der Waals surface area contributed by atoms with E-state index in [1.807, 2.05) is 22.6 Å². The van der Waals surface area contributed by atoms with E-state index in [1.54, 1.807) is 0 Å². The summed E-state index contributed by atoms with van der Waals surface area (Å²) in [6.45, 7) is 0. The van der Waals surface area contributed by atoms with Crippen molar-refractivity contribution in [3.8, 4) is 0 Å². The van der Waals surface area contributed by atoms with Crippen molar-refractivity contribution in [2.24, 2.45) is 0 Å². The van der Waals surface area contributed by atoms with Gasteiger partial charge in [0, 0.05) is 9.99 Å². The standard InChI is InChI=1S/C10H8F3IO2/c11-10(12,13)8-3-2-7(14)5-6(8)1-4-9(15)16/h2-3,5H,1,4H2,(H,15,16). The monoisotopic (exact) mass is 344 g/mol. The van der Waals surface area contributed by atoms with Gasteiger partial charge in [0.25, 0.3) is 0 Å². The number of aliphatic carboxylic acids is 1. The van der Waals surface area contributed by atoms with Gasteiger partial charge in [0.05, 0.1) is 5.56 Å². The van der Waals surface area contributed by atoms with Crippen LogP contribution in [0.2, 0.25) is 0 Å². The Balaban J connectivity index is 3.04. The van der Waals surface area contributed by atoms with E-state index >= 15 is 0 Å². The fourth-order valence-electron chi connectivity index (χ4n) is 1.29. The Morgan fingerprint density at radius 2 is 2.00 bits per heavy atom. The van der Waals surface area contributed by atoms with Gasteiger partial charge in [-0.05, 0) is 52.8 Å². The molecular formula is C10H8F3IO2. The lowest BCUT2D eigenvalue weighted by Crippen LogP contribution is -2.10. The van der Waals surface area contributed by atoms with Crippen LogP contribution in [0.1, 0.15) is 17.5 Å². The smallest absolute Gasteiger partial charge is 0.416 e. The molecule has 0 aromatic heterocycles. The van der Waals surface area contributed by atoms with Crippen LogP contribution >= 0.6 is 22.6 Å². The number of carboxylic acids is 1. The van der Waals surface area contributed by atoms with Crippen molar-refractivity contribution in [2.75, 3.05) is 0 Å². The molecule has 0 amide bonds. The summed E-state index contributed by atoms with van der Waals surface area (Å²) >= 11 is 1.89. The van der Waals surface area contributed by atoms with Gasteiger partial charge >= 0.3 is 12.1 Å². The molecule has 0 aliphatic rings. The molecule has 0 heterocycles. The zero-order chi connectivity index (χ0) is 12.3. The molecule has 16 heavy (non-hydrogen) atoms. The van der Waals surface area contributed by atoms with E-state index in [2.05, 4.69) is 0 Å². The predicted octanol–water partition coefficient (Wildman–Crippen LogP) is 3.33. The number of benzene rings is 1. The first-order valence-electron chi connectivity index (χ1n) is 4.38. The summed E-state index contributed by atoms with van der Waals surface area (Å²) in [6.07, 6.45) is -4.84. The quantitative estimate of drug-likeness (QED) is 0.855. The van der Waals surface area contributed by atoms with E-state index in [0.29, 0.717) is 3.57 Å². The number of carboxylic acid groups (broad SMARTS) is 1. The highest BCUT2D eigenvalue weighted by molar-refractivity contribution is 14.1. The number of hydrogen-bond acceptors (Lipinski definition) is 1. The highest BCUT2D eigenvalue weighted by Crippen LogP contribution is 2.33. The molecule has 0 atom stereocenters. The van der Waals surface area contributed by atoms with Crippen LogP contribution in [-0.4, -0.2) is 11.1 Å². The van der Waals surface area contributed by atoms with E-state index < -0.39 is 17.7 Å². The minimum atomic E-state index is -4.43. The molecule has 0 bridgehead atoms. The molecule has 0 saturated carbocycles. The molecule has 6 heteroatoms. The second-order valence-electron chi connectivity index (χ2n) is 3.19. The average molecular weight is 344 g/mol. The number of aryl methyl sites for hydroxylation is 1. The van der Waals surface area contributed by atoms with Crippen LogP contribution in [-0.2, 0) is 17.4 Å². The molecular weight excluding hydrogens is 336 g/mol. The Bertz CT molecular complexity index is 402. The van der Waals surface area contributed by atoms with Gasteiger partial charge in [-0.15, -0.1) is 0 Å². The van der Waals surface area contributed by atoms with Gasteiger partial charge < -0.3 is 5.11 Å². The van der Waals surface area contributed by atoms with Crippen molar-refractivity contribution < 1.29 is 23.1 Å². The normalized spacial score (nSPS) is 11.5. The topological polar surface area (TPSA) is 37.3 Å². The largest absolute Gasteiger partial charge is 0.481 e. The number of halogens is 4. The van der Waals surface area contributed by atoms with Gasteiger partial charge in [-0.1, -0.05) is 0 Å². The Morgan fingerprint density at radius 3 is 2.50 bits per heavy atom. The summed E-state index contributed by atoms with van der Waals surface area (Å²) in [7, 11) is 0. The first kappa shape index (κ1) is 13.3. The van der Waals surface area contributed by atoms with Crippen molar-refractivity contribution >= 4 is 28.6 Å². The number of hydrogen-bond donors (Lipinski definition) is 1. The second kappa shape index (κ2) is 5.03. The maximum atomic E-state index is 12.6. The second-order valence-corrected chi connectivity index (χ2v) is 4.44. The summed E-state index contributed by atoms with van der Waals surface area (Å²) in [6, 6.07) is 3.71. The van der Waals surface area contributed by atoms with Crippen LogP contribution in [0.15, 0.2) is 18.2 Å². The molecule has 0 aliphatic heterocycles. The summed E-state index contributed by atoms with van der Waals surface area (Å²) in [5.41, 5.74) is -0.726. The molecule has 1 aromatic rings. The average Bonchev–Trinajstić information content (AvgIpc) is 2.12. The molecule has 0 fully saturated rings. The van der Waals surface area contributed by atoms with Crippen LogP contribution in [0.5, 0.6) is 0 Å². The maximum Gasteiger partial charge on any atom is 0.416 e. The molecule has 0 saturated heterocycles. The Hall–Kier alpha value is -0.790. The highest BCUT2D eigenvalue weighted by Gasteiger charge is 2.33. The Morgan fingerprint density at radius 1 is 1.38 bits per heavy atom. The van der Waals surface area contributed by atoms with Crippen LogP contribution in [0.3, 0.4) is 0 Å². The highest BCUT2D eigenvalue weighted by atomic mass is 127. The zero-order valence-electron chi connectivity index (χ0n) is 8.01. The van der Waals surface area contributed by atoms with E-state index in [-0.39, 0.29) is 18.4 Å². The van der Waals surface area contributed by atoms with Crippen LogP contribution in [0.4, 0.5) is 13.2 Å². The van der Waals surface area contributed by atoms with Crippen LogP contribution < -0.4 is 0 Å². The summed E-state index contributed by atoms with van der Waals surface area (Å²) in [5.74, 6) is -1.10. The Labute approximate surface area is 104 Å². The lowest BCUT2D eigenvalue weighted by atomic mass is 10.0. The maximum absolute atomic E-state index is 12.6. The van der Waals surface area contributed by atoms with E-state index in [1.165, 1.54) is 12.1 Å². The van der Waals surface area contributed by atoms with Crippen molar-refractivity contribution in [1.29, 1.82) is 0 Å². The van der Waals surface area contributed by atoms with Gasteiger partial charge in [-0.3, -0.25) is 4.79 Å². The molecule has 0 radical (unpaired) electrons. The predicted molar refractivity (Wildman–Crippen MR) is 60.1 cm³/mol. The molecule has 0 aliphatic carbocycles. The lowest BCUT2D eigenvalue weighted by molar-refractivity contribution is -0.140. The molecule has 1 N–H and O–H groups in total. The van der Waals surface area contributed by atoms with Crippen molar-refractivity contribution in [3.05, 3.63) is 32.9 Å². The Kier molecular flexibility index (Phi) is 4.17. The van der Waals surface area contributed by atoms with Crippen molar-refractivity contribution in [3.63, 3.8) is 0 Å². The minimum Gasteiger partial charge on any atom is -0.481 e. The van der Waals surface area contributed by atoms with Gasteiger partial charge in [0.2, 0.25) is 0 Å². The van der Waals surface area contributed by atoms with Gasteiger partial charge in [0.1, 0.15) is 0 Å². The number of rotatable bonds is 3. The molecule has 1 rings (SSSR count). The molecule has 1 aromatic carbocycles. The zero-order valence-corrected chi connectivity index (χ0v) is 10.2. The van der Waals surface area contributed by atoms with E-state index in [4.69, 9.17) is 5.11 Å². The first-order chi connectivity index (χ1) is 7.30. The summed E-state index contributed by atoms with van der Waals surface area (Å²) in [5, 5.41) is 8.45. The van der Waals surface area contributed by atoms with Gasteiger partial charge in [-0.25, -0.2) is 0 Å². The van der Waals surface area contributed by atoms with Gasteiger partial charge in [0.15, 0.2) is 0 Å². The first-order valence-corrected chi connectivity index (χ1v) is 5.46. The van der Waals surface area contributed by atoms with Gasteiger partial charge in [-0.2, -0.15) is 13.2 Å². The summed E-state index contributed by atoms with van der Waals surface area (Å²) < 4.78 is 38.3. The molecule has 0 unspecified atom stereocenters. The third-order valence-corrected chi connectivity index (χ3v) is 2.65. The van der Waals surface area contributed by atoms with Crippen molar-refractivity contribution in [1.82, 2.24) is 0 Å². The van der Waals surface area contributed by atoms with Crippen molar-refractivity contribution in [2.45, 2.75) is 19.0 Å². The third kappa shape index (κ3) is 3.66. The third-order valence-electron chi connectivity index (χ3n) is 1.98. The number of carbonyl (C=O) groups is 1. The SMILES string of the molecule is O=C(O)CCc1cc(I)ccc1C(F)(F)F. The lowest BCUT2D eigenvalue weighted by Gasteiger charge is -2.12. The fourth-order valence-corrected chi connectivity index (χ4v) is 1.84. The molecule has 2 nitrogen and oxygen atoms in total. The number of alkyl halides is 3. The summed E-state index contributed by atoms with van der Waals surface area (Å²) in [4.78, 5) is 10.3. The fraction of sp³-hybridized carbons (Fsp3) is 0.300. The molecule has 88 valence electrons. The van der Waals surface area contributed by atoms with Crippen LogP contribution in [0.25, 0.3) is 0 Å². The van der Waals surface area contributed by atoms with E-state index in [0.717, 1.165) is 6.07 Å². The molecule has 0 spiro atoms.